The first-order valence-corrected chi connectivity index (χ1v) is 16.9. The summed E-state index contributed by atoms with van der Waals surface area (Å²) in [4.78, 5) is 54.1. The molecule has 0 saturated heterocycles. The number of amides is 3. The van der Waals surface area contributed by atoms with E-state index in [-0.39, 0.29) is 24.0 Å². The summed E-state index contributed by atoms with van der Waals surface area (Å²) in [7, 11) is 0. The number of thioether (sulfide) groups is 1. The molecule has 8 nitrogen and oxygen atoms in total. The smallest absolute Gasteiger partial charge is 0.341 e. The number of aryl methyl sites for hydroxylation is 2. The zero-order valence-corrected chi connectivity index (χ0v) is 27.3. The van der Waals surface area contributed by atoms with Crippen LogP contribution in [0.3, 0.4) is 0 Å². The molecule has 46 heavy (non-hydrogen) atoms. The highest BCUT2D eigenvalue weighted by molar-refractivity contribution is 8.00. The second kappa shape index (κ2) is 15.6. The van der Waals surface area contributed by atoms with Gasteiger partial charge in [0, 0.05) is 21.0 Å². The van der Waals surface area contributed by atoms with Crippen LogP contribution in [-0.2, 0) is 27.2 Å². The molecule has 0 radical (unpaired) electrons. The quantitative estimate of drug-likeness (QED) is 0.0893. The van der Waals surface area contributed by atoms with Crippen molar-refractivity contribution in [2.24, 2.45) is 0 Å². The molecule has 0 atom stereocenters. The highest BCUT2D eigenvalue weighted by Crippen LogP contribution is 2.38. The first-order chi connectivity index (χ1) is 22.3. The van der Waals surface area contributed by atoms with Crippen LogP contribution in [0.5, 0.6) is 0 Å². The number of esters is 1. The van der Waals surface area contributed by atoms with Gasteiger partial charge in [-0.3, -0.25) is 14.4 Å². The number of anilines is 2. The fourth-order valence-electron chi connectivity index (χ4n) is 5.09. The summed E-state index contributed by atoms with van der Waals surface area (Å²) >= 11 is 2.77. The maximum Gasteiger partial charge on any atom is 0.341 e. The van der Waals surface area contributed by atoms with E-state index < -0.39 is 17.8 Å². The molecule has 5 rings (SSSR count). The van der Waals surface area contributed by atoms with E-state index >= 15 is 0 Å². The minimum atomic E-state index is -0.486. The molecular weight excluding hydrogens is 619 g/mol. The Morgan fingerprint density at radius 2 is 1.67 bits per heavy atom. The summed E-state index contributed by atoms with van der Waals surface area (Å²) in [6, 6.07) is 23.4. The van der Waals surface area contributed by atoms with Gasteiger partial charge < -0.3 is 20.7 Å². The van der Waals surface area contributed by atoms with Crippen molar-refractivity contribution in [1.82, 2.24) is 5.32 Å². The molecule has 1 aliphatic carbocycles. The number of hydrogen-bond donors (Lipinski definition) is 3. The van der Waals surface area contributed by atoms with Crippen LogP contribution in [-0.4, -0.2) is 36.1 Å². The Morgan fingerprint density at radius 1 is 0.913 bits per heavy atom. The molecule has 0 spiro atoms. The van der Waals surface area contributed by atoms with Gasteiger partial charge in [-0.25, -0.2) is 4.79 Å². The summed E-state index contributed by atoms with van der Waals surface area (Å²) in [6.07, 6.45) is 5.43. The molecular formula is C36H35N3O5S2. The fraction of sp³-hybridized carbons (Fsp3) is 0.222. The van der Waals surface area contributed by atoms with Crippen molar-refractivity contribution in [2.45, 2.75) is 44.4 Å². The van der Waals surface area contributed by atoms with Gasteiger partial charge in [0.25, 0.3) is 11.8 Å². The molecule has 3 amide bonds. The predicted octanol–water partition coefficient (Wildman–Crippen LogP) is 7.25. The van der Waals surface area contributed by atoms with Crippen molar-refractivity contribution in [1.29, 1.82) is 0 Å². The molecule has 0 aliphatic heterocycles. The number of rotatable bonds is 11. The van der Waals surface area contributed by atoms with E-state index in [0.29, 0.717) is 21.8 Å². The van der Waals surface area contributed by atoms with Gasteiger partial charge in [-0.05, 0) is 92.6 Å². The van der Waals surface area contributed by atoms with Crippen LogP contribution in [0.1, 0.15) is 62.0 Å². The lowest BCUT2D eigenvalue weighted by Crippen LogP contribution is -2.30. The summed E-state index contributed by atoms with van der Waals surface area (Å²) in [5, 5.41) is 9.13. The van der Waals surface area contributed by atoms with Crippen molar-refractivity contribution >= 4 is 63.6 Å². The number of thiophene rings is 1. The second-order valence-electron chi connectivity index (χ2n) is 10.7. The molecule has 0 fully saturated rings. The number of nitrogens with one attached hydrogen (secondary N) is 3. The van der Waals surface area contributed by atoms with Gasteiger partial charge in [-0.1, -0.05) is 48.5 Å². The molecule has 1 aliphatic rings. The van der Waals surface area contributed by atoms with Gasteiger partial charge in [0.05, 0.1) is 17.9 Å². The third-order valence-electron chi connectivity index (χ3n) is 7.38. The van der Waals surface area contributed by atoms with E-state index in [9.17, 15) is 19.2 Å². The van der Waals surface area contributed by atoms with Crippen LogP contribution in [0.15, 0.2) is 89.5 Å². The van der Waals surface area contributed by atoms with Gasteiger partial charge in [0.15, 0.2) is 0 Å². The summed E-state index contributed by atoms with van der Waals surface area (Å²) in [5.41, 5.74) is 4.27. The third kappa shape index (κ3) is 8.32. The molecule has 236 valence electrons. The van der Waals surface area contributed by atoms with Crippen LogP contribution < -0.4 is 16.0 Å². The Hall–Kier alpha value is -4.67. The Labute approximate surface area is 276 Å². The highest BCUT2D eigenvalue weighted by atomic mass is 32.2. The van der Waals surface area contributed by atoms with Gasteiger partial charge >= 0.3 is 5.97 Å². The van der Waals surface area contributed by atoms with Crippen molar-refractivity contribution in [2.75, 3.05) is 23.0 Å². The lowest BCUT2D eigenvalue weighted by Gasteiger charge is -2.13. The Morgan fingerprint density at radius 3 is 2.46 bits per heavy atom. The normalized spacial score (nSPS) is 12.5. The van der Waals surface area contributed by atoms with Crippen molar-refractivity contribution in [3.05, 3.63) is 117 Å². The average Bonchev–Trinajstić information content (AvgIpc) is 3.43. The van der Waals surface area contributed by atoms with Crippen LogP contribution in [0.25, 0.3) is 6.08 Å². The molecule has 3 N–H and O–H groups in total. The minimum Gasteiger partial charge on any atom is -0.462 e. The van der Waals surface area contributed by atoms with Crippen LogP contribution in [0, 0.1) is 6.92 Å². The van der Waals surface area contributed by atoms with E-state index in [1.165, 1.54) is 23.1 Å². The standard InChI is InChI=1S/C36H35N3O5S2/c1-3-44-36(43)32-28-18-9-10-19-30(28)46-35(32)39-31(40)22-45-27-17-11-16-26(21-27)37-34(42)29(20-25-15-8-7-12-23(25)2)38-33(41)24-13-5-4-6-14-24/h4-8,11-17,20-21H,3,9-10,18-19,22H2,1-2H3,(H,37,42)(H,38,41)(H,39,40)/b29-20-. The lowest BCUT2D eigenvalue weighted by molar-refractivity contribution is -0.114. The monoisotopic (exact) mass is 653 g/mol. The maximum atomic E-state index is 13.5. The van der Waals surface area contributed by atoms with E-state index in [4.69, 9.17) is 4.74 Å². The lowest BCUT2D eigenvalue weighted by atomic mass is 9.95. The number of hydrogen-bond acceptors (Lipinski definition) is 7. The van der Waals surface area contributed by atoms with E-state index in [1.807, 2.05) is 43.3 Å². The van der Waals surface area contributed by atoms with Crippen molar-refractivity contribution < 1.29 is 23.9 Å². The molecule has 1 aromatic heterocycles. The minimum absolute atomic E-state index is 0.0941. The second-order valence-corrected chi connectivity index (χ2v) is 12.8. The SMILES string of the molecule is CCOC(=O)c1c(NC(=O)CSc2cccc(NC(=O)/C(=C/c3ccccc3C)NC(=O)c3ccccc3)c2)sc2c1CCCC2. The van der Waals surface area contributed by atoms with E-state index in [1.54, 1.807) is 55.5 Å². The average molecular weight is 654 g/mol. The first-order valence-electron chi connectivity index (χ1n) is 15.1. The van der Waals surface area contributed by atoms with E-state index in [2.05, 4.69) is 16.0 Å². The molecule has 0 bridgehead atoms. The van der Waals surface area contributed by atoms with Crippen LogP contribution >= 0.6 is 23.1 Å². The fourth-order valence-corrected chi connectivity index (χ4v) is 7.14. The molecule has 3 aromatic carbocycles. The predicted molar refractivity (Wildman–Crippen MR) is 184 cm³/mol. The zero-order valence-electron chi connectivity index (χ0n) is 25.7. The molecule has 0 saturated carbocycles. The maximum absolute atomic E-state index is 13.5. The molecule has 10 heteroatoms. The summed E-state index contributed by atoms with van der Waals surface area (Å²) in [6.45, 7) is 3.97. The highest BCUT2D eigenvalue weighted by Gasteiger charge is 2.27. The number of benzene rings is 3. The molecule has 1 heterocycles. The van der Waals surface area contributed by atoms with Gasteiger partial charge in [-0.15, -0.1) is 23.1 Å². The van der Waals surface area contributed by atoms with Gasteiger partial charge in [0.1, 0.15) is 10.7 Å². The summed E-state index contributed by atoms with van der Waals surface area (Å²) in [5.74, 6) is -1.42. The van der Waals surface area contributed by atoms with Gasteiger partial charge in [-0.2, -0.15) is 0 Å². The zero-order chi connectivity index (χ0) is 32.5. The van der Waals surface area contributed by atoms with Gasteiger partial charge in [0.2, 0.25) is 5.91 Å². The Balaban J connectivity index is 1.27. The number of ether oxygens (including phenoxy) is 1. The summed E-state index contributed by atoms with van der Waals surface area (Å²) < 4.78 is 5.30. The van der Waals surface area contributed by atoms with E-state index in [0.717, 1.165) is 52.1 Å². The molecule has 0 unspecified atom stereocenters. The van der Waals surface area contributed by atoms with Crippen LogP contribution in [0.4, 0.5) is 10.7 Å². The van der Waals surface area contributed by atoms with Crippen molar-refractivity contribution in [3.63, 3.8) is 0 Å². The first kappa shape index (κ1) is 32.7. The number of carbonyl (C=O) groups is 4. The topological polar surface area (TPSA) is 114 Å². The number of carbonyl (C=O) groups excluding carboxylic acids is 4. The molecule has 4 aromatic rings. The number of fused-ring (bicyclic) bond motifs is 1. The Bertz CT molecular complexity index is 1780. The third-order valence-corrected chi connectivity index (χ3v) is 9.58. The Kier molecular flexibility index (Phi) is 11.1. The van der Waals surface area contributed by atoms with Crippen LogP contribution in [0.2, 0.25) is 0 Å². The van der Waals surface area contributed by atoms with Crippen molar-refractivity contribution in [3.8, 4) is 0 Å². The largest absolute Gasteiger partial charge is 0.462 e.